The molecule has 0 N–H and O–H groups in total. The maximum Gasteiger partial charge on any atom is 0.573 e. The third-order valence-electron chi connectivity index (χ3n) is 1.67. The highest BCUT2D eigenvalue weighted by molar-refractivity contribution is 8.13. The Morgan fingerprint density at radius 3 is 2.11 bits per heavy atom. The maximum atomic E-state index is 12.4. The Balaban J connectivity index is 3.32. The first kappa shape index (κ1) is 15.0. The summed E-state index contributed by atoms with van der Waals surface area (Å²) in [7, 11) is 0.424. The second-order valence-corrected chi connectivity index (χ2v) is 5.59. The summed E-state index contributed by atoms with van der Waals surface area (Å²) in [5.74, 6) is -1.08. The maximum absolute atomic E-state index is 12.4. The van der Waals surface area contributed by atoms with Gasteiger partial charge in [0, 0.05) is 22.3 Å². The summed E-state index contributed by atoms with van der Waals surface area (Å²) in [5.41, 5.74) is -0.948. The highest BCUT2D eigenvalue weighted by Crippen LogP contribution is 2.31. The molecule has 0 amide bonds. The summed E-state index contributed by atoms with van der Waals surface area (Å²) < 4.78 is 85.7. The Bertz CT molecular complexity index is 540. The van der Waals surface area contributed by atoms with Crippen LogP contribution >= 0.6 is 10.7 Å². The van der Waals surface area contributed by atoms with Crippen LogP contribution in [-0.4, -0.2) is 14.8 Å². The van der Waals surface area contributed by atoms with Gasteiger partial charge in [-0.05, 0) is 12.1 Å². The molecule has 0 aliphatic carbocycles. The van der Waals surface area contributed by atoms with Gasteiger partial charge in [0.2, 0.25) is 0 Å². The smallest absolute Gasteiger partial charge is 0.406 e. The van der Waals surface area contributed by atoms with Crippen LogP contribution in [0.4, 0.5) is 22.0 Å². The molecule has 0 unspecified atom stereocenters. The molecule has 1 rings (SSSR count). The minimum absolute atomic E-state index is 0.379. The fraction of sp³-hybridized carbons (Fsp3) is 0.250. The van der Waals surface area contributed by atoms with E-state index in [9.17, 15) is 30.4 Å². The SMILES string of the molecule is O=S(=O)(Cl)c1cc(OC(F)(F)F)cc(C(F)F)c1. The first-order valence-electron chi connectivity index (χ1n) is 4.12. The molecule has 10 heteroatoms. The summed E-state index contributed by atoms with van der Waals surface area (Å²) in [6, 6.07) is 1.25. The van der Waals surface area contributed by atoms with E-state index in [1.807, 2.05) is 0 Å². The standard InChI is InChI=1S/C8H4ClF5O3S/c9-18(15,16)6-2-4(7(10)11)1-5(3-6)17-8(12,13)14/h1-3,7H. The minimum atomic E-state index is -5.13. The second-order valence-electron chi connectivity index (χ2n) is 3.02. The van der Waals surface area contributed by atoms with Crippen LogP contribution < -0.4 is 4.74 Å². The number of benzene rings is 1. The lowest BCUT2D eigenvalue weighted by Crippen LogP contribution is -2.17. The average molecular weight is 311 g/mol. The van der Waals surface area contributed by atoms with E-state index in [-0.39, 0.29) is 0 Å². The first-order chi connectivity index (χ1) is 7.99. The summed E-state index contributed by atoms with van der Waals surface area (Å²) in [4.78, 5) is -0.902. The van der Waals surface area contributed by atoms with Gasteiger partial charge in [0.25, 0.3) is 15.5 Å². The van der Waals surface area contributed by atoms with Crippen molar-refractivity contribution in [3.05, 3.63) is 23.8 Å². The van der Waals surface area contributed by atoms with Crippen molar-refractivity contribution in [2.24, 2.45) is 0 Å². The highest BCUT2D eigenvalue weighted by atomic mass is 35.7. The van der Waals surface area contributed by atoms with E-state index in [0.29, 0.717) is 18.2 Å². The van der Waals surface area contributed by atoms with Crippen molar-refractivity contribution in [1.82, 2.24) is 0 Å². The fourth-order valence-electron chi connectivity index (χ4n) is 1.05. The Morgan fingerprint density at radius 2 is 1.72 bits per heavy atom. The molecular weight excluding hydrogens is 307 g/mol. The minimum Gasteiger partial charge on any atom is -0.406 e. The number of rotatable bonds is 3. The summed E-state index contributed by atoms with van der Waals surface area (Å²) >= 11 is 0. The first-order valence-corrected chi connectivity index (χ1v) is 6.43. The van der Waals surface area contributed by atoms with Gasteiger partial charge in [-0.25, -0.2) is 17.2 Å². The monoisotopic (exact) mass is 310 g/mol. The fourth-order valence-corrected chi connectivity index (χ4v) is 1.85. The van der Waals surface area contributed by atoms with Crippen molar-refractivity contribution < 1.29 is 35.1 Å². The van der Waals surface area contributed by atoms with Gasteiger partial charge < -0.3 is 4.74 Å². The number of hydrogen-bond acceptors (Lipinski definition) is 3. The molecule has 0 aromatic heterocycles. The summed E-state index contributed by atoms with van der Waals surface area (Å²) in [5, 5.41) is 0. The third kappa shape index (κ3) is 4.30. The zero-order chi connectivity index (χ0) is 14.1. The van der Waals surface area contributed by atoms with E-state index in [0.717, 1.165) is 0 Å². The van der Waals surface area contributed by atoms with Crippen LogP contribution in [0.3, 0.4) is 0 Å². The second kappa shape index (κ2) is 4.88. The normalized spacial score (nSPS) is 12.8. The average Bonchev–Trinajstić information content (AvgIpc) is 2.12. The van der Waals surface area contributed by atoms with Crippen LogP contribution in [0.1, 0.15) is 12.0 Å². The molecular formula is C8H4ClF5O3S. The molecule has 0 saturated carbocycles. The Kier molecular flexibility index (Phi) is 4.06. The van der Waals surface area contributed by atoms with Crippen molar-refractivity contribution in [2.45, 2.75) is 17.7 Å². The zero-order valence-corrected chi connectivity index (χ0v) is 9.78. The highest BCUT2D eigenvalue weighted by Gasteiger charge is 2.32. The molecule has 0 radical (unpaired) electrons. The molecule has 0 aliphatic rings. The molecule has 0 atom stereocenters. The molecule has 0 heterocycles. The van der Waals surface area contributed by atoms with Gasteiger partial charge >= 0.3 is 6.36 Å². The topological polar surface area (TPSA) is 43.4 Å². The van der Waals surface area contributed by atoms with Crippen LogP contribution in [0.25, 0.3) is 0 Å². The lowest BCUT2D eigenvalue weighted by atomic mass is 10.2. The quantitative estimate of drug-likeness (QED) is 0.634. The van der Waals surface area contributed by atoms with E-state index in [1.165, 1.54) is 0 Å². The third-order valence-corrected chi connectivity index (χ3v) is 3.00. The predicted molar refractivity (Wildman–Crippen MR) is 51.1 cm³/mol. The van der Waals surface area contributed by atoms with Crippen LogP contribution in [-0.2, 0) is 9.05 Å². The van der Waals surface area contributed by atoms with Gasteiger partial charge in [-0.1, -0.05) is 0 Å². The molecule has 3 nitrogen and oxygen atoms in total. The molecule has 0 saturated heterocycles. The molecule has 102 valence electrons. The van der Waals surface area contributed by atoms with Gasteiger partial charge in [-0.15, -0.1) is 13.2 Å². The number of hydrogen-bond donors (Lipinski definition) is 0. The van der Waals surface area contributed by atoms with Gasteiger partial charge in [-0.2, -0.15) is 0 Å². The summed E-state index contributed by atoms with van der Waals surface area (Å²) in [6.45, 7) is 0. The van der Waals surface area contributed by atoms with Gasteiger partial charge in [0.15, 0.2) is 0 Å². The van der Waals surface area contributed by atoms with E-state index in [1.54, 1.807) is 0 Å². The molecule has 0 spiro atoms. The Morgan fingerprint density at radius 1 is 1.17 bits per heavy atom. The van der Waals surface area contributed by atoms with Crippen molar-refractivity contribution in [3.8, 4) is 5.75 Å². The molecule has 0 aliphatic heterocycles. The van der Waals surface area contributed by atoms with E-state index in [4.69, 9.17) is 10.7 Å². The van der Waals surface area contributed by atoms with Crippen molar-refractivity contribution in [1.29, 1.82) is 0 Å². The molecule has 1 aromatic carbocycles. The molecule has 1 aromatic rings. The molecule has 0 fully saturated rings. The molecule has 0 bridgehead atoms. The van der Waals surface area contributed by atoms with Crippen molar-refractivity contribution in [3.63, 3.8) is 0 Å². The van der Waals surface area contributed by atoms with Gasteiger partial charge in [0.1, 0.15) is 5.75 Å². The van der Waals surface area contributed by atoms with Crippen molar-refractivity contribution in [2.75, 3.05) is 0 Å². The number of ether oxygens (including phenoxy) is 1. The van der Waals surface area contributed by atoms with Crippen molar-refractivity contribution >= 4 is 19.7 Å². The lowest BCUT2D eigenvalue weighted by molar-refractivity contribution is -0.274. The van der Waals surface area contributed by atoms with Crippen LogP contribution in [0.5, 0.6) is 5.75 Å². The number of alkyl halides is 5. The number of halogens is 6. The molecule has 18 heavy (non-hydrogen) atoms. The van der Waals surface area contributed by atoms with Gasteiger partial charge in [0.05, 0.1) is 4.90 Å². The van der Waals surface area contributed by atoms with E-state index in [2.05, 4.69) is 4.74 Å². The van der Waals surface area contributed by atoms with Crippen LogP contribution in [0, 0.1) is 0 Å². The van der Waals surface area contributed by atoms with Crippen LogP contribution in [0.2, 0.25) is 0 Å². The van der Waals surface area contributed by atoms with E-state index < -0.39 is 38.0 Å². The zero-order valence-electron chi connectivity index (χ0n) is 8.21. The predicted octanol–water partition coefficient (Wildman–Crippen LogP) is 3.45. The van der Waals surface area contributed by atoms with Crippen LogP contribution in [0.15, 0.2) is 23.1 Å². The largest absolute Gasteiger partial charge is 0.573 e. The van der Waals surface area contributed by atoms with E-state index >= 15 is 0 Å². The Labute approximate surface area is 103 Å². The van der Waals surface area contributed by atoms with Gasteiger partial charge in [-0.3, -0.25) is 0 Å². The lowest BCUT2D eigenvalue weighted by Gasteiger charge is -2.11. The summed E-state index contributed by atoms with van der Waals surface area (Å²) in [6.07, 6.45) is -8.30. The Hall–Kier alpha value is -1.09.